The van der Waals surface area contributed by atoms with Crippen molar-refractivity contribution in [3.05, 3.63) is 59.4 Å². The maximum Gasteiger partial charge on any atom is 0.132 e. The standard InChI is InChI=1S/C15H16FNOS/c1-18-11-5-8-13(14(16)9-11)15(17)10-3-6-12(19-2)7-4-10/h3-9,15H,17H2,1-2H3. The summed E-state index contributed by atoms with van der Waals surface area (Å²) in [6.07, 6.45) is 2.01. The maximum atomic E-state index is 14.0. The van der Waals surface area contributed by atoms with Crippen LogP contribution in [0.1, 0.15) is 17.2 Å². The molecular formula is C15H16FNOS. The van der Waals surface area contributed by atoms with Gasteiger partial charge in [-0.25, -0.2) is 4.39 Å². The third-order valence-corrected chi connectivity index (χ3v) is 3.76. The van der Waals surface area contributed by atoms with E-state index in [2.05, 4.69) is 0 Å². The molecule has 0 aliphatic rings. The molecule has 0 spiro atoms. The molecule has 0 heterocycles. The summed E-state index contributed by atoms with van der Waals surface area (Å²) < 4.78 is 18.9. The average Bonchev–Trinajstić information content (AvgIpc) is 2.46. The van der Waals surface area contributed by atoms with Crippen LogP contribution >= 0.6 is 11.8 Å². The van der Waals surface area contributed by atoms with Gasteiger partial charge in [0.25, 0.3) is 0 Å². The van der Waals surface area contributed by atoms with Crippen LogP contribution in [0, 0.1) is 5.82 Å². The number of hydrogen-bond donors (Lipinski definition) is 1. The van der Waals surface area contributed by atoms with E-state index in [4.69, 9.17) is 10.5 Å². The van der Waals surface area contributed by atoms with E-state index in [0.717, 1.165) is 10.5 Å². The second-order valence-electron chi connectivity index (χ2n) is 4.14. The molecule has 0 saturated carbocycles. The van der Waals surface area contributed by atoms with Gasteiger partial charge in [0, 0.05) is 16.5 Å². The van der Waals surface area contributed by atoms with Gasteiger partial charge in [-0.15, -0.1) is 11.8 Å². The number of nitrogens with two attached hydrogens (primary N) is 1. The summed E-state index contributed by atoms with van der Waals surface area (Å²) in [6.45, 7) is 0. The normalized spacial score (nSPS) is 12.2. The van der Waals surface area contributed by atoms with Crippen molar-refractivity contribution in [2.24, 2.45) is 5.73 Å². The van der Waals surface area contributed by atoms with Crippen molar-refractivity contribution < 1.29 is 9.13 Å². The zero-order chi connectivity index (χ0) is 13.8. The number of ether oxygens (including phenoxy) is 1. The largest absolute Gasteiger partial charge is 0.497 e. The third-order valence-electron chi connectivity index (χ3n) is 3.02. The highest BCUT2D eigenvalue weighted by molar-refractivity contribution is 7.98. The number of benzene rings is 2. The highest BCUT2D eigenvalue weighted by Gasteiger charge is 2.14. The van der Waals surface area contributed by atoms with Crippen LogP contribution in [0.25, 0.3) is 0 Å². The number of thioether (sulfide) groups is 1. The van der Waals surface area contributed by atoms with Crippen LogP contribution < -0.4 is 10.5 Å². The number of hydrogen-bond acceptors (Lipinski definition) is 3. The number of methoxy groups -OCH3 is 1. The molecule has 0 radical (unpaired) electrons. The molecule has 0 saturated heterocycles. The fourth-order valence-corrected chi connectivity index (χ4v) is 2.29. The Morgan fingerprint density at radius 1 is 1.16 bits per heavy atom. The predicted octanol–water partition coefficient (Wildman–Crippen LogP) is 3.60. The Bertz CT molecular complexity index is 557. The fourth-order valence-electron chi connectivity index (χ4n) is 1.88. The first-order chi connectivity index (χ1) is 9.15. The monoisotopic (exact) mass is 277 g/mol. The highest BCUT2D eigenvalue weighted by atomic mass is 32.2. The van der Waals surface area contributed by atoms with Crippen LogP contribution in [0.3, 0.4) is 0 Å². The maximum absolute atomic E-state index is 14.0. The predicted molar refractivity (Wildman–Crippen MR) is 77.2 cm³/mol. The van der Waals surface area contributed by atoms with Crippen LogP contribution in [0.2, 0.25) is 0 Å². The highest BCUT2D eigenvalue weighted by Crippen LogP contribution is 2.26. The van der Waals surface area contributed by atoms with Crippen molar-refractivity contribution in [3.8, 4) is 5.75 Å². The van der Waals surface area contributed by atoms with Gasteiger partial charge >= 0.3 is 0 Å². The van der Waals surface area contributed by atoms with E-state index in [0.29, 0.717) is 11.3 Å². The minimum absolute atomic E-state index is 0.346. The molecular weight excluding hydrogens is 261 g/mol. The van der Waals surface area contributed by atoms with E-state index in [1.54, 1.807) is 23.9 Å². The van der Waals surface area contributed by atoms with Gasteiger partial charge in [-0.1, -0.05) is 18.2 Å². The van der Waals surface area contributed by atoms with Crippen LogP contribution in [0.15, 0.2) is 47.4 Å². The molecule has 2 N–H and O–H groups in total. The van der Waals surface area contributed by atoms with E-state index in [-0.39, 0.29) is 5.82 Å². The van der Waals surface area contributed by atoms with Gasteiger partial charge in [0.05, 0.1) is 13.2 Å². The van der Waals surface area contributed by atoms with Crippen LogP contribution in [0.4, 0.5) is 4.39 Å². The molecule has 19 heavy (non-hydrogen) atoms. The Morgan fingerprint density at radius 2 is 1.84 bits per heavy atom. The lowest BCUT2D eigenvalue weighted by Crippen LogP contribution is -2.13. The van der Waals surface area contributed by atoms with Crippen molar-refractivity contribution in [2.75, 3.05) is 13.4 Å². The first-order valence-electron chi connectivity index (χ1n) is 5.88. The van der Waals surface area contributed by atoms with Crippen molar-refractivity contribution >= 4 is 11.8 Å². The lowest BCUT2D eigenvalue weighted by Gasteiger charge is -2.14. The van der Waals surface area contributed by atoms with Crippen molar-refractivity contribution in [2.45, 2.75) is 10.9 Å². The molecule has 0 aliphatic carbocycles. The summed E-state index contributed by atoms with van der Waals surface area (Å²) >= 11 is 1.66. The van der Waals surface area contributed by atoms with E-state index >= 15 is 0 Å². The SMILES string of the molecule is COc1ccc(C(N)c2ccc(SC)cc2)c(F)c1. The summed E-state index contributed by atoms with van der Waals surface area (Å²) in [4.78, 5) is 1.16. The summed E-state index contributed by atoms with van der Waals surface area (Å²) in [5, 5.41) is 0. The van der Waals surface area contributed by atoms with Crippen LogP contribution in [-0.2, 0) is 0 Å². The van der Waals surface area contributed by atoms with Crippen molar-refractivity contribution in [1.29, 1.82) is 0 Å². The Kier molecular flexibility index (Phi) is 4.45. The Labute approximate surface area is 116 Å². The van der Waals surface area contributed by atoms with Gasteiger partial charge in [0.1, 0.15) is 11.6 Å². The Hall–Kier alpha value is -1.52. The molecule has 0 aromatic heterocycles. The third kappa shape index (κ3) is 3.08. The zero-order valence-electron chi connectivity index (χ0n) is 10.9. The van der Waals surface area contributed by atoms with Gasteiger partial charge < -0.3 is 10.5 Å². The summed E-state index contributed by atoms with van der Waals surface area (Å²) in [5.74, 6) is 0.145. The van der Waals surface area contributed by atoms with Gasteiger partial charge in [0.2, 0.25) is 0 Å². The molecule has 2 aromatic carbocycles. The molecule has 2 aromatic rings. The number of rotatable bonds is 4. The van der Waals surface area contributed by atoms with E-state index < -0.39 is 6.04 Å². The van der Waals surface area contributed by atoms with E-state index in [9.17, 15) is 4.39 Å². The van der Waals surface area contributed by atoms with Crippen molar-refractivity contribution in [3.63, 3.8) is 0 Å². The van der Waals surface area contributed by atoms with Gasteiger partial charge in [0.15, 0.2) is 0 Å². The summed E-state index contributed by atoms with van der Waals surface area (Å²) in [6, 6.07) is 12.1. The molecule has 0 fully saturated rings. The Morgan fingerprint density at radius 3 is 2.37 bits per heavy atom. The lowest BCUT2D eigenvalue weighted by molar-refractivity contribution is 0.410. The second kappa shape index (κ2) is 6.08. The molecule has 0 aliphatic heterocycles. The van der Waals surface area contributed by atoms with Crippen LogP contribution in [-0.4, -0.2) is 13.4 Å². The molecule has 1 atom stereocenters. The van der Waals surface area contributed by atoms with E-state index in [1.165, 1.54) is 13.2 Å². The minimum atomic E-state index is -0.471. The smallest absolute Gasteiger partial charge is 0.132 e. The summed E-state index contributed by atoms with van der Waals surface area (Å²) in [5.41, 5.74) is 7.47. The Balaban J connectivity index is 2.29. The number of halogens is 1. The molecule has 4 heteroatoms. The molecule has 100 valence electrons. The first-order valence-corrected chi connectivity index (χ1v) is 7.11. The van der Waals surface area contributed by atoms with Gasteiger partial charge in [-0.3, -0.25) is 0 Å². The van der Waals surface area contributed by atoms with Gasteiger partial charge in [-0.05, 0) is 30.0 Å². The van der Waals surface area contributed by atoms with Crippen LogP contribution in [0.5, 0.6) is 5.75 Å². The first kappa shape index (κ1) is 13.9. The molecule has 1 unspecified atom stereocenters. The van der Waals surface area contributed by atoms with Gasteiger partial charge in [-0.2, -0.15) is 0 Å². The lowest BCUT2D eigenvalue weighted by atomic mass is 9.99. The molecule has 0 amide bonds. The molecule has 2 nitrogen and oxygen atoms in total. The van der Waals surface area contributed by atoms with Crippen molar-refractivity contribution in [1.82, 2.24) is 0 Å². The average molecular weight is 277 g/mol. The molecule has 2 rings (SSSR count). The second-order valence-corrected chi connectivity index (χ2v) is 5.02. The quantitative estimate of drug-likeness (QED) is 0.867. The minimum Gasteiger partial charge on any atom is -0.497 e. The fraction of sp³-hybridized carbons (Fsp3) is 0.200. The zero-order valence-corrected chi connectivity index (χ0v) is 11.7. The topological polar surface area (TPSA) is 35.2 Å². The molecule has 0 bridgehead atoms. The van der Waals surface area contributed by atoms with E-state index in [1.807, 2.05) is 30.5 Å². The summed E-state index contributed by atoms with van der Waals surface area (Å²) in [7, 11) is 1.51.